The van der Waals surface area contributed by atoms with Gasteiger partial charge in [-0.15, -0.1) is 15.3 Å². The molecule has 2 saturated heterocycles. The number of aliphatic carboxylic acids is 1. The van der Waals surface area contributed by atoms with Crippen LogP contribution in [0.3, 0.4) is 0 Å². The number of alkyl halides is 3. The van der Waals surface area contributed by atoms with Crippen molar-refractivity contribution in [1.29, 1.82) is 0 Å². The number of carbonyl (C=O) groups is 2. The number of piperidine rings is 1. The Morgan fingerprint density at radius 3 is 2.31 bits per heavy atom. The summed E-state index contributed by atoms with van der Waals surface area (Å²) in [5.41, 5.74) is 0.747. The Bertz CT molecular complexity index is 1040. The van der Waals surface area contributed by atoms with Gasteiger partial charge in [-0.2, -0.15) is 17.7 Å². The molecule has 2 amide bonds. The predicted octanol–water partition coefficient (Wildman–Crippen LogP) is 1.94. The molecule has 1 atom stereocenters. The molecule has 0 spiro atoms. The molecule has 2 aliphatic heterocycles. The van der Waals surface area contributed by atoms with Crippen LogP contribution in [0.5, 0.6) is 0 Å². The van der Waals surface area contributed by atoms with Gasteiger partial charge < -0.3 is 26.0 Å². The highest BCUT2D eigenvalue weighted by atomic mass is 19.4. The van der Waals surface area contributed by atoms with Crippen LogP contribution in [0.25, 0.3) is 5.65 Å². The summed E-state index contributed by atoms with van der Waals surface area (Å²) in [5, 5.41) is 29.5. The number of carbonyl (C=O) groups excluding carboxylic acids is 1. The summed E-state index contributed by atoms with van der Waals surface area (Å²) in [6.45, 7) is 10.4. The van der Waals surface area contributed by atoms with Crippen LogP contribution in [-0.2, 0) is 4.79 Å². The highest BCUT2D eigenvalue weighted by Gasteiger charge is 2.39. The Labute approximate surface area is 200 Å². The van der Waals surface area contributed by atoms with Crippen LogP contribution in [-0.4, -0.2) is 79.3 Å². The number of carboxylic acids is 1. The molecule has 4 rings (SSSR count). The number of halogens is 3. The quantitative estimate of drug-likeness (QED) is 0.502. The van der Waals surface area contributed by atoms with Crippen LogP contribution in [0.15, 0.2) is 18.5 Å². The zero-order valence-corrected chi connectivity index (χ0v) is 20.1. The number of nitrogens with zero attached hydrogens (tertiary/aromatic N) is 5. The fraction of sp³-hybridized carbons (Fsp3) is 0.667. The van der Waals surface area contributed by atoms with E-state index in [4.69, 9.17) is 9.90 Å². The van der Waals surface area contributed by atoms with Crippen LogP contribution >= 0.6 is 0 Å². The van der Waals surface area contributed by atoms with Gasteiger partial charge in [0.05, 0.1) is 0 Å². The van der Waals surface area contributed by atoms with Crippen molar-refractivity contribution >= 4 is 23.5 Å². The molecule has 0 aliphatic carbocycles. The summed E-state index contributed by atoms with van der Waals surface area (Å²) in [6, 6.07) is 4.06. The van der Waals surface area contributed by atoms with Crippen LogP contribution in [0.4, 0.5) is 23.8 Å². The van der Waals surface area contributed by atoms with Gasteiger partial charge in [0.2, 0.25) is 0 Å². The molecule has 4 N–H and O–H groups in total. The van der Waals surface area contributed by atoms with Crippen molar-refractivity contribution in [3.05, 3.63) is 18.5 Å². The molecule has 0 bridgehead atoms. The second kappa shape index (κ2) is 9.84. The average molecular weight is 501 g/mol. The minimum Gasteiger partial charge on any atom is -0.475 e. The number of fused-ring (bicyclic) bond motifs is 1. The molecule has 0 radical (unpaired) electrons. The molecule has 35 heavy (non-hydrogen) atoms. The summed E-state index contributed by atoms with van der Waals surface area (Å²) < 4.78 is 33.4. The van der Waals surface area contributed by atoms with Crippen LogP contribution in [0.2, 0.25) is 0 Å². The van der Waals surface area contributed by atoms with Crippen LogP contribution < -0.4 is 20.9 Å². The molecular formula is C21H31F3N8O3. The first kappa shape index (κ1) is 26.4. The number of aromatic nitrogens is 4. The largest absolute Gasteiger partial charge is 0.490 e. The van der Waals surface area contributed by atoms with Crippen molar-refractivity contribution in [3.63, 3.8) is 0 Å². The molecule has 1 unspecified atom stereocenters. The first-order valence-corrected chi connectivity index (χ1v) is 11.2. The number of hydrogen-bond acceptors (Lipinski definition) is 7. The van der Waals surface area contributed by atoms with Crippen LogP contribution in [0.1, 0.15) is 47.0 Å². The van der Waals surface area contributed by atoms with Gasteiger partial charge in [0.15, 0.2) is 5.65 Å². The standard InChI is InChI=1S/C19H30N8O.C2HF3O2/c1-18(2)9-14(10-19(3,4)25-18)22-17(28)21-13-7-8-26(11-13)16-6-5-15-23-20-12-27(15)24-16;3-2(4,5)1(6)7/h5-6,12-14,25H,7-11H2,1-4H3,(H2,21,22,28);(H,6,7). The van der Waals surface area contributed by atoms with E-state index in [1.807, 2.05) is 12.1 Å². The molecule has 2 aromatic heterocycles. The summed E-state index contributed by atoms with van der Waals surface area (Å²) in [7, 11) is 0. The zero-order valence-electron chi connectivity index (χ0n) is 20.1. The first-order chi connectivity index (χ1) is 16.1. The molecule has 0 aromatic carbocycles. The number of rotatable bonds is 3. The predicted molar refractivity (Wildman–Crippen MR) is 121 cm³/mol. The van der Waals surface area contributed by atoms with E-state index in [0.29, 0.717) is 0 Å². The lowest BCUT2D eigenvalue weighted by Gasteiger charge is -2.46. The first-order valence-electron chi connectivity index (χ1n) is 11.2. The molecule has 2 aliphatic rings. The van der Waals surface area contributed by atoms with Crippen molar-refractivity contribution in [2.75, 3.05) is 18.0 Å². The number of nitrogens with one attached hydrogen (secondary N) is 3. The maximum absolute atomic E-state index is 12.6. The molecule has 11 nitrogen and oxygen atoms in total. The van der Waals surface area contributed by atoms with E-state index in [2.05, 4.69) is 63.8 Å². The van der Waals surface area contributed by atoms with Gasteiger partial charge in [-0.05, 0) is 59.1 Å². The summed E-state index contributed by atoms with van der Waals surface area (Å²) >= 11 is 0. The Hall–Kier alpha value is -3.16. The second-order valence-corrected chi connectivity index (χ2v) is 10.2. The monoisotopic (exact) mass is 500 g/mol. The molecule has 2 aromatic rings. The van der Waals surface area contributed by atoms with Crippen molar-refractivity contribution < 1.29 is 27.9 Å². The van der Waals surface area contributed by atoms with Gasteiger partial charge in [0.1, 0.15) is 12.1 Å². The third-order valence-corrected chi connectivity index (χ3v) is 5.76. The fourth-order valence-corrected chi connectivity index (χ4v) is 4.81. The number of amides is 2. The summed E-state index contributed by atoms with van der Waals surface area (Å²) in [4.78, 5) is 23.7. The number of anilines is 1. The number of hydrogen-bond donors (Lipinski definition) is 4. The molecule has 194 valence electrons. The zero-order chi connectivity index (χ0) is 26.0. The van der Waals surface area contributed by atoms with Crippen molar-refractivity contribution in [2.24, 2.45) is 0 Å². The van der Waals surface area contributed by atoms with Gasteiger partial charge in [-0.3, -0.25) is 0 Å². The third-order valence-electron chi connectivity index (χ3n) is 5.76. The third kappa shape index (κ3) is 7.41. The highest BCUT2D eigenvalue weighted by Crippen LogP contribution is 2.28. The molecule has 0 saturated carbocycles. The van der Waals surface area contributed by atoms with Gasteiger partial charge in [-0.1, -0.05) is 0 Å². The normalized spacial score (nSPS) is 21.8. The Morgan fingerprint density at radius 2 is 1.71 bits per heavy atom. The molecule has 2 fully saturated rings. The second-order valence-electron chi connectivity index (χ2n) is 10.2. The minimum absolute atomic E-state index is 0.0103. The SMILES string of the molecule is CC1(C)CC(NC(=O)NC2CCN(c3ccc4nncn4n3)C2)CC(C)(C)N1.O=C(O)C(F)(F)F. The van der Waals surface area contributed by atoms with E-state index >= 15 is 0 Å². The van der Waals surface area contributed by atoms with E-state index in [1.54, 1.807) is 10.8 Å². The van der Waals surface area contributed by atoms with E-state index in [1.165, 1.54) is 0 Å². The Morgan fingerprint density at radius 1 is 1.11 bits per heavy atom. The van der Waals surface area contributed by atoms with Crippen molar-refractivity contribution in [3.8, 4) is 0 Å². The lowest BCUT2D eigenvalue weighted by atomic mass is 9.80. The van der Waals surface area contributed by atoms with E-state index < -0.39 is 12.1 Å². The molecule has 4 heterocycles. The maximum Gasteiger partial charge on any atom is 0.490 e. The lowest BCUT2D eigenvalue weighted by Crippen LogP contribution is -2.63. The number of carboxylic acid groups (broad SMARTS) is 1. The van der Waals surface area contributed by atoms with Gasteiger partial charge >= 0.3 is 18.2 Å². The van der Waals surface area contributed by atoms with Crippen LogP contribution in [0, 0.1) is 0 Å². The Balaban J connectivity index is 0.000000429. The lowest BCUT2D eigenvalue weighted by molar-refractivity contribution is -0.192. The minimum atomic E-state index is -5.08. The topological polar surface area (TPSA) is 137 Å². The summed E-state index contributed by atoms with van der Waals surface area (Å²) in [6.07, 6.45) is -0.744. The fourth-order valence-electron chi connectivity index (χ4n) is 4.81. The van der Waals surface area contributed by atoms with Gasteiger partial charge in [0.25, 0.3) is 0 Å². The Kier molecular flexibility index (Phi) is 7.43. The highest BCUT2D eigenvalue weighted by molar-refractivity contribution is 5.75. The average Bonchev–Trinajstić information content (AvgIpc) is 3.33. The number of urea groups is 1. The van der Waals surface area contributed by atoms with E-state index in [9.17, 15) is 18.0 Å². The smallest absolute Gasteiger partial charge is 0.475 e. The van der Waals surface area contributed by atoms with Gasteiger partial charge in [-0.25, -0.2) is 9.59 Å². The van der Waals surface area contributed by atoms with Crippen molar-refractivity contribution in [1.82, 2.24) is 35.8 Å². The summed E-state index contributed by atoms with van der Waals surface area (Å²) in [5.74, 6) is -1.88. The van der Waals surface area contributed by atoms with Gasteiger partial charge in [0, 0.05) is 36.3 Å². The van der Waals surface area contributed by atoms with Crippen molar-refractivity contribution in [2.45, 2.75) is 76.3 Å². The molecule has 14 heteroatoms. The van der Waals surface area contributed by atoms with E-state index in [0.717, 1.165) is 43.8 Å². The van der Waals surface area contributed by atoms with E-state index in [-0.39, 0.29) is 29.2 Å². The molecular weight excluding hydrogens is 469 g/mol. The maximum atomic E-state index is 12.6.